The van der Waals surface area contributed by atoms with Crippen molar-refractivity contribution in [1.82, 2.24) is 4.90 Å². The third-order valence-corrected chi connectivity index (χ3v) is 6.29. The van der Waals surface area contributed by atoms with Crippen LogP contribution in [0.25, 0.3) is 0 Å². The SMILES string of the molecule is O=C(P)CCOCCOCCN(CCOCCOCCC(=O)PP)CPP. The molecule has 0 aliphatic carbocycles. The molecule has 0 saturated carbocycles. The van der Waals surface area contributed by atoms with Gasteiger partial charge >= 0.3 is 0 Å². The van der Waals surface area contributed by atoms with Gasteiger partial charge in [-0.3, -0.25) is 14.5 Å². The third-order valence-electron chi connectivity index (χ3n) is 3.29. The predicted molar refractivity (Wildman–Crippen MR) is 125 cm³/mol. The van der Waals surface area contributed by atoms with Crippen LogP contribution in [0.15, 0.2) is 0 Å². The highest BCUT2D eigenvalue weighted by molar-refractivity contribution is 8.11. The molecule has 0 saturated heterocycles. The second-order valence-electron chi connectivity index (χ2n) is 5.46. The van der Waals surface area contributed by atoms with E-state index in [1.807, 2.05) is 0 Å². The summed E-state index contributed by atoms with van der Waals surface area (Å²) >= 11 is 0. The highest BCUT2D eigenvalue weighted by Crippen LogP contribution is 2.22. The monoisotopic (exact) mass is 479 g/mol. The van der Waals surface area contributed by atoms with E-state index in [1.54, 1.807) is 0 Å². The van der Waals surface area contributed by atoms with Crippen LogP contribution in [0.3, 0.4) is 0 Å². The molecule has 0 aromatic heterocycles. The van der Waals surface area contributed by atoms with Crippen LogP contribution >= 0.6 is 43.6 Å². The van der Waals surface area contributed by atoms with Gasteiger partial charge in [0.2, 0.25) is 0 Å². The third kappa shape index (κ3) is 21.8. The molecule has 0 bridgehead atoms. The molecule has 0 N–H and O–H groups in total. The molecule has 27 heavy (non-hydrogen) atoms. The highest BCUT2D eigenvalue weighted by Gasteiger charge is 2.04. The first-order chi connectivity index (χ1) is 13.1. The van der Waals surface area contributed by atoms with Crippen molar-refractivity contribution < 1.29 is 28.5 Å². The Kier molecular flexibility index (Phi) is 23.0. The van der Waals surface area contributed by atoms with Gasteiger partial charge in [-0.05, 0) is 8.27 Å². The Labute approximate surface area is 173 Å². The van der Waals surface area contributed by atoms with Gasteiger partial charge in [0.15, 0.2) is 11.0 Å². The smallest absolute Gasteiger partial charge is 0.157 e. The molecule has 0 aliphatic heterocycles. The molecule has 5 unspecified atom stereocenters. The van der Waals surface area contributed by atoms with Crippen LogP contribution in [0.2, 0.25) is 0 Å². The Morgan fingerprint density at radius 1 is 0.741 bits per heavy atom. The molecule has 0 aromatic carbocycles. The number of carbonyl (C=O) groups is 2. The molecule has 0 rings (SSSR count). The molecule has 0 aromatic rings. The fraction of sp³-hybridized carbons (Fsp3) is 0.867. The molecule has 0 radical (unpaired) electrons. The van der Waals surface area contributed by atoms with E-state index in [2.05, 4.69) is 32.0 Å². The lowest BCUT2D eigenvalue weighted by Gasteiger charge is -2.21. The van der Waals surface area contributed by atoms with Crippen LogP contribution in [-0.2, 0) is 28.5 Å². The standard InChI is InChI=1S/C15H34NO6P5/c17-14(23)1-5-19-9-11-21-7-3-16(13-26-24)4-8-22-12-10-20-6-2-15(18)27-25/h26-27H,1-13,23-25H2. The van der Waals surface area contributed by atoms with Gasteiger partial charge in [0, 0.05) is 32.2 Å². The van der Waals surface area contributed by atoms with Crippen LogP contribution in [-0.4, -0.2) is 88.2 Å². The summed E-state index contributed by atoms with van der Waals surface area (Å²) in [4.78, 5) is 24.2. The summed E-state index contributed by atoms with van der Waals surface area (Å²) in [6, 6.07) is 0. The van der Waals surface area contributed by atoms with Crippen molar-refractivity contribution >= 4 is 54.7 Å². The van der Waals surface area contributed by atoms with Crippen LogP contribution in [0.5, 0.6) is 0 Å². The van der Waals surface area contributed by atoms with E-state index >= 15 is 0 Å². The summed E-state index contributed by atoms with van der Waals surface area (Å²) in [5, 5.41) is 0. The van der Waals surface area contributed by atoms with Crippen LogP contribution < -0.4 is 0 Å². The van der Waals surface area contributed by atoms with E-state index in [0.29, 0.717) is 65.7 Å². The summed E-state index contributed by atoms with van der Waals surface area (Å²) in [6.45, 7) is 6.02. The van der Waals surface area contributed by atoms with Gasteiger partial charge in [0.1, 0.15) is 0 Å². The highest BCUT2D eigenvalue weighted by atomic mass is 32.0. The zero-order valence-electron chi connectivity index (χ0n) is 15.8. The van der Waals surface area contributed by atoms with E-state index in [1.165, 1.54) is 0 Å². The lowest BCUT2D eigenvalue weighted by Crippen LogP contribution is -2.30. The second-order valence-corrected chi connectivity index (χ2v) is 9.77. The molecular formula is C15H34NO6P5. The Hall–Kier alpha value is 1.29. The Bertz CT molecular complexity index is 381. The molecule has 5 atom stereocenters. The van der Waals surface area contributed by atoms with Gasteiger partial charge in [-0.1, -0.05) is 17.5 Å². The molecule has 0 amide bonds. The first-order valence-corrected chi connectivity index (χ1v) is 15.2. The number of hydrogen-bond donors (Lipinski definition) is 0. The maximum absolute atomic E-state index is 11.1. The van der Waals surface area contributed by atoms with E-state index in [4.69, 9.17) is 18.9 Å². The number of rotatable bonds is 21. The number of hydrogen-bond acceptors (Lipinski definition) is 7. The minimum atomic E-state index is 0.0599. The van der Waals surface area contributed by atoms with Crippen molar-refractivity contribution in [2.45, 2.75) is 12.8 Å². The van der Waals surface area contributed by atoms with Gasteiger partial charge in [-0.15, -0.1) is 17.9 Å². The first kappa shape index (κ1) is 28.3. The number of carbonyl (C=O) groups excluding carboxylic acids is 2. The topological polar surface area (TPSA) is 74.3 Å². The summed E-state index contributed by atoms with van der Waals surface area (Å²) in [6.07, 6.45) is 1.90. The lowest BCUT2D eigenvalue weighted by molar-refractivity contribution is -0.113. The molecule has 160 valence electrons. The lowest BCUT2D eigenvalue weighted by atomic mass is 10.5. The second kappa shape index (κ2) is 22.0. The molecule has 7 nitrogen and oxygen atoms in total. The van der Waals surface area contributed by atoms with Gasteiger partial charge in [0.25, 0.3) is 0 Å². The average molecular weight is 479 g/mol. The van der Waals surface area contributed by atoms with Crippen molar-refractivity contribution in [3.8, 4) is 0 Å². The van der Waals surface area contributed by atoms with Crippen molar-refractivity contribution in [1.29, 1.82) is 0 Å². The van der Waals surface area contributed by atoms with Gasteiger partial charge < -0.3 is 18.9 Å². The largest absolute Gasteiger partial charge is 0.379 e. The molecule has 0 fully saturated rings. The Morgan fingerprint density at radius 3 is 1.67 bits per heavy atom. The summed E-state index contributed by atoms with van der Waals surface area (Å²) in [5.74, 6) is 0. The van der Waals surface area contributed by atoms with Gasteiger partial charge in [-0.25, -0.2) is 0 Å². The van der Waals surface area contributed by atoms with Crippen LogP contribution in [0.4, 0.5) is 0 Å². The Balaban J connectivity index is 3.51. The van der Waals surface area contributed by atoms with Crippen LogP contribution in [0.1, 0.15) is 12.8 Å². The zero-order chi connectivity index (χ0) is 20.2. The van der Waals surface area contributed by atoms with E-state index in [-0.39, 0.29) is 19.3 Å². The molecule has 12 heteroatoms. The molecular weight excluding hydrogens is 445 g/mol. The van der Waals surface area contributed by atoms with Crippen molar-refractivity contribution in [3.63, 3.8) is 0 Å². The van der Waals surface area contributed by atoms with Crippen molar-refractivity contribution in [3.05, 3.63) is 0 Å². The summed E-state index contributed by atoms with van der Waals surface area (Å²) in [5.41, 5.74) is 0.281. The molecule has 0 spiro atoms. The van der Waals surface area contributed by atoms with E-state index in [0.717, 1.165) is 27.6 Å². The number of nitrogens with zero attached hydrogens (tertiary/aromatic N) is 1. The quantitative estimate of drug-likeness (QED) is 0.184. The zero-order valence-corrected chi connectivity index (χ0v) is 21.3. The summed E-state index contributed by atoms with van der Waals surface area (Å²) < 4.78 is 21.8. The van der Waals surface area contributed by atoms with E-state index < -0.39 is 0 Å². The van der Waals surface area contributed by atoms with Gasteiger partial charge in [0.05, 0.1) is 52.9 Å². The fourth-order valence-corrected chi connectivity index (χ4v) is 3.99. The molecule has 0 heterocycles. The number of ether oxygens (including phenoxy) is 4. The first-order valence-electron chi connectivity index (χ1n) is 8.84. The van der Waals surface area contributed by atoms with Crippen molar-refractivity contribution in [2.24, 2.45) is 0 Å². The predicted octanol–water partition coefficient (Wildman–Crippen LogP) is 1.96. The normalized spacial score (nSPS) is 12.1. The van der Waals surface area contributed by atoms with Crippen molar-refractivity contribution in [2.75, 3.05) is 72.2 Å². The molecule has 0 aliphatic rings. The van der Waals surface area contributed by atoms with Crippen LogP contribution in [0, 0.1) is 0 Å². The van der Waals surface area contributed by atoms with E-state index in [9.17, 15) is 9.59 Å². The maximum atomic E-state index is 11.1. The summed E-state index contributed by atoms with van der Waals surface area (Å²) in [7, 11) is 8.39. The minimum absolute atomic E-state index is 0.0599. The fourth-order valence-electron chi connectivity index (χ4n) is 1.84. The van der Waals surface area contributed by atoms with Gasteiger partial charge in [-0.2, -0.15) is 0 Å². The Morgan fingerprint density at radius 2 is 1.22 bits per heavy atom. The maximum Gasteiger partial charge on any atom is 0.157 e. The minimum Gasteiger partial charge on any atom is -0.379 e. The average Bonchev–Trinajstić information content (AvgIpc) is 2.65.